The van der Waals surface area contributed by atoms with Crippen molar-refractivity contribution in [1.82, 2.24) is 0 Å². The second-order valence-corrected chi connectivity index (χ2v) is 9.03. The molecule has 0 fully saturated rings. The lowest BCUT2D eigenvalue weighted by molar-refractivity contribution is 0.0529. The van der Waals surface area contributed by atoms with Crippen molar-refractivity contribution in [1.29, 1.82) is 0 Å². The first-order chi connectivity index (χ1) is 15.7. The monoisotopic (exact) mass is 457 g/mol. The molecular formula is C26H19NO3S2. The number of fused-ring (bicyclic) bond motifs is 2. The number of anilines is 1. The molecule has 0 spiro atoms. The third-order valence-electron chi connectivity index (χ3n) is 5.28. The minimum Gasteiger partial charge on any atom is -0.462 e. The minimum atomic E-state index is -0.435. The van der Waals surface area contributed by atoms with Crippen LogP contribution in [0.1, 0.15) is 27.6 Å². The lowest BCUT2D eigenvalue weighted by Gasteiger charge is -2.12. The zero-order valence-electron chi connectivity index (χ0n) is 17.3. The highest BCUT2D eigenvalue weighted by molar-refractivity contribution is 7.17. The largest absolute Gasteiger partial charge is 0.462 e. The summed E-state index contributed by atoms with van der Waals surface area (Å²) in [6.45, 7) is 2.04. The van der Waals surface area contributed by atoms with Gasteiger partial charge < -0.3 is 10.1 Å². The van der Waals surface area contributed by atoms with E-state index in [1.165, 1.54) is 11.3 Å². The van der Waals surface area contributed by atoms with Crippen LogP contribution >= 0.6 is 22.7 Å². The van der Waals surface area contributed by atoms with Crippen molar-refractivity contribution in [3.63, 3.8) is 0 Å². The molecule has 0 aliphatic carbocycles. The summed E-state index contributed by atoms with van der Waals surface area (Å²) < 4.78 is 5.31. The lowest BCUT2D eigenvalue weighted by Crippen LogP contribution is -2.15. The van der Waals surface area contributed by atoms with Crippen LogP contribution in [0.15, 0.2) is 77.5 Å². The van der Waals surface area contributed by atoms with Crippen LogP contribution in [0.25, 0.3) is 32.0 Å². The SMILES string of the molecule is CCOC(=O)c1c(-c2cccs2)csc1NC(=O)c1c2ccccc2cc2ccccc12. The van der Waals surface area contributed by atoms with Crippen molar-refractivity contribution in [3.05, 3.63) is 88.6 Å². The maximum atomic E-state index is 13.6. The van der Waals surface area contributed by atoms with Crippen molar-refractivity contribution < 1.29 is 14.3 Å². The third-order valence-corrected chi connectivity index (χ3v) is 7.08. The maximum Gasteiger partial charge on any atom is 0.341 e. The molecule has 0 unspecified atom stereocenters. The molecule has 0 saturated carbocycles. The normalized spacial score (nSPS) is 11.0. The number of nitrogens with one attached hydrogen (secondary N) is 1. The van der Waals surface area contributed by atoms with E-state index in [0.717, 1.165) is 32.0 Å². The molecule has 4 nitrogen and oxygen atoms in total. The van der Waals surface area contributed by atoms with E-state index < -0.39 is 5.97 Å². The molecule has 3 aromatic carbocycles. The smallest absolute Gasteiger partial charge is 0.341 e. The lowest BCUT2D eigenvalue weighted by atomic mass is 9.96. The van der Waals surface area contributed by atoms with Gasteiger partial charge >= 0.3 is 5.97 Å². The molecule has 0 aliphatic heterocycles. The second kappa shape index (κ2) is 8.57. The summed E-state index contributed by atoms with van der Waals surface area (Å²) in [5, 5.41) is 11.1. The van der Waals surface area contributed by atoms with Gasteiger partial charge in [-0.05, 0) is 46.0 Å². The van der Waals surface area contributed by atoms with Crippen molar-refractivity contribution in [3.8, 4) is 10.4 Å². The fourth-order valence-corrected chi connectivity index (χ4v) is 5.66. The molecule has 32 heavy (non-hydrogen) atoms. The van der Waals surface area contributed by atoms with Gasteiger partial charge in [0.2, 0.25) is 0 Å². The molecular weight excluding hydrogens is 438 g/mol. The van der Waals surface area contributed by atoms with Crippen LogP contribution in [-0.4, -0.2) is 18.5 Å². The Morgan fingerprint density at radius 1 is 0.875 bits per heavy atom. The van der Waals surface area contributed by atoms with E-state index in [4.69, 9.17) is 4.74 Å². The van der Waals surface area contributed by atoms with Crippen molar-refractivity contribution in [2.45, 2.75) is 6.92 Å². The first kappa shape index (κ1) is 20.4. The summed E-state index contributed by atoms with van der Waals surface area (Å²) in [6.07, 6.45) is 0. The number of hydrogen-bond acceptors (Lipinski definition) is 5. The van der Waals surface area contributed by atoms with Crippen molar-refractivity contribution in [2.24, 2.45) is 0 Å². The van der Waals surface area contributed by atoms with E-state index in [1.54, 1.807) is 18.3 Å². The Labute approximate surface area is 193 Å². The van der Waals surface area contributed by atoms with Gasteiger partial charge in [-0.2, -0.15) is 0 Å². The molecule has 158 valence electrons. The highest BCUT2D eigenvalue weighted by Gasteiger charge is 2.24. The Morgan fingerprint density at radius 2 is 1.56 bits per heavy atom. The molecule has 2 aromatic heterocycles. The van der Waals surface area contributed by atoms with E-state index in [1.807, 2.05) is 71.4 Å². The van der Waals surface area contributed by atoms with E-state index in [-0.39, 0.29) is 12.5 Å². The molecule has 0 saturated heterocycles. The molecule has 5 aromatic rings. The topological polar surface area (TPSA) is 55.4 Å². The summed E-state index contributed by atoms with van der Waals surface area (Å²) in [5.41, 5.74) is 1.78. The van der Waals surface area contributed by atoms with Crippen LogP contribution in [-0.2, 0) is 4.74 Å². The van der Waals surface area contributed by atoms with E-state index in [2.05, 4.69) is 11.4 Å². The zero-order chi connectivity index (χ0) is 22.1. The number of amides is 1. The quantitative estimate of drug-likeness (QED) is 0.224. The van der Waals surface area contributed by atoms with Gasteiger partial charge in [0.15, 0.2) is 0 Å². The molecule has 2 heterocycles. The fourth-order valence-electron chi connectivity index (χ4n) is 3.89. The van der Waals surface area contributed by atoms with Crippen LogP contribution in [0.2, 0.25) is 0 Å². The average molecular weight is 458 g/mol. The van der Waals surface area contributed by atoms with Crippen molar-refractivity contribution in [2.75, 3.05) is 11.9 Å². The number of thiophene rings is 2. The van der Waals surface area contributed by atoms with Gasteiger partial charge in [-0.3, -0.25) is 4.79 Å². The molecule has 1 N–H and O–H groups in total. The molecule has 0 aliphatic rings. The Kier molecular flexibility index (Phi) is 5.47. The van der Waals surface area contributed by atoms with Crippen LogP contribution in [0.4, 0.5) is 5.00 Å². The number of hydrogen-bond donors (Lipinski definition) is 1. The van der Waals surface area contributed by atoms with Gasteiger partial charge in [-0.15, -0.1) is 22.7 Å². The van der Waals surface area contributed by atoms with Crippen molar-refractivity contribution >= 4 is 61.1 Å². The Morgan fingerprint density at radius 3 is 2.19 bits per heavy atom. The molecule has 1 amide bonds. The van der Waals surface area contributed by atoms with Gasteiger partial charge in [0.05, 0.1) is 12.2 Å². The summed E-state index contributed by atoms with van der Waals surface area (Å²) in [4.78, 5) is 27.4. The minimum absolute atomic E-state index is 0.247. The van der Waals surface area contributed by atoms with Crippen LogP contribution in [0, 0.1) is 0 Å². The van der Waals surface area contributed by atoms with Crippen LogP contribution < -0.4 is 5.32 Å². The second-order valence-electron chi connectivity index (χ2n) is 7.20. The van der Waals surface area contributed by atoms with E-state index in [0.29, 0.717) is 16.1 Å². The van der Waals surface area contributed by atoms with Crippen LogP contribution in [0.3, 0.4) is 0 Å². The van der Waals surface area contributed by atoms with E-state index in [9.17, 15) is 9.59 Å². The zero-order valence-corrected chi connectivity index (χ0v) is 18.9. The number of benzene rings is 3. The Bertz CT molecular complexity index is 1400. The number of rotatable bonds is 5. The summed E-state index contributed by atoms with van der Waals surface area (Å²) in [6, 6.07) is 21.7. The van der Waals surface area contributed by atoms with Gasteiger partial charge in [0.1, 0.15) is 10.6 Å². The third kappa shape index (κ3) is 3.57. The maximum absolute atomic E-state index is 13.6. The Balaban J connectivity index is 1.63. The van der Waals surface area contributed by atoms with Gasteiger partial charge in [-0.1, -0.05) is 54.6 Å². The average Bonchev–Trinajstić information content (AvgIpc) is 3.47. The van der Waals surface area contributed by atoms with Gasteiger partial charge in [-0.25, -0.2) is 4.79 Å². The number of esters is 1. The summed E-state index contributed by atoms with van der Waals surface area (Å²) in [5.74, 6) is -0.682. The predicted octanol–water partition coefficient (Wildman–Crippen LogP) is 7.21. The molecule has 6 heteroatoms. The summed E-state index contributed by atoms with van der Waals surface area (Å²) >= 11 is 2.88. The highest BCUT2D eigenvalue weighted by Crippen LogP contribution is 2.39. The fraction of sp³-hybridized carbons (Fsp3) is 0.0769. The predicted molar refractivity (Wildman–Crippen MR) is 133 cm³/mol. The molecule has 5 rings (SSSR count). The Hall–Kier alpha value is -3.48. The first-order valence-electron chi connectivity index (χ1n) is 10.2. The molecule has 0 bridgehead atoms. The number of carbonyl (C=O) groups excluding carboxylic acids is 2. The van der Waals surface area contributed by atoms with Crippen LogP contribution in [0.5, 0.6) is 0 Å². The molecule has 0 atom stereocenters. The first-order valence-corrected chi connectivity index (χ1v) is 12.0. The highest BCUT2D eigenvalue weighted by atomic mass is 32.1. The number of ether oxygens (including phenoxy) is 1. The number of carbonyl (C=O) groups is 2. The summed E-state index contributed by atoms with van der Waals surface area (Å²) in [7, 11) is 0. The van der Waals surface area contributed by atoms with E-state index >= 15 is 0 Å². The van der Waals surface area contributed by atoms with Gasteiger partial charge in [0.25, 0.3) is 5.91 Å². The molecule has 0 radical (unpaired) electrons. The van der Waals surface area contributed by atoms with Gasteiger partial charge in [0, 0.05) is 15.8 Å². The standard InChI is InChI=1S/C26H19NO3S2/c1-2-30-26(29)23-20(21-12-7-13-31-21)15-32-25(23)27-24(28)22-18-10-5-3-8-16(18)14-17-9-4-6-11-19(17)22/h3-15H,2H2,1H3,(H,27,28).